The highest BCUT2D eigenvalue weighted by Crippen LogP contribution is 2.27. The van der Waals surface area contributed by atoms with Gasteiger partial charge in [0.2, 0.25) is 0 Å². The molecule has 96 valence electrons. The summed E-state index contributed by atoms with van der Waals surface area (Å²) in [7, 11) is 2.13. The van der Waals surface area contributed by atoms with Crippen LogP contribution in [0.4, 0.5) is 5.69 Å². The van der Waals surface area contributed by atoms with Crippen molar-refractivity contribution < 1.29 is 0 Å². The summed E-state index contributed by atoms with van der Waals surface area (Å²) in [6.45, 7) is 3.06. The van der Waals surface area contributed by atoms with Gasteiger partial charge in [-0.25, -0.2) is 0 Å². The largest absolute Gasteiger partial charge is 0.369 e. The smallest absolute Gasteiger partial charge is 0.0519 e. The van der Waals surface area contributed by atoms with E-state index in [0.717, 1.165) is 13.0 Å². The maximum absolute atomic E-state index is 6.18. The molecule has 0 fully saturated rings. The van der Waals surface area contributed by atoms with Gasteiger partial charge in [-0.15, -0.1) is 11.3 Å². The Morgan fingerprint density at radius 3 is 2.67 bits per heavy atom. The molecule has 0 spiro atoms. The maximum atomic E-state index is 6.18. The standard InChI is InChI=1S/C15H20N2S/c1-3-14(16)13-8-4-5-9-15(13)17(2)11-12-7-6-10-18-12/h4-10,14H,3,11,16H2,1-2H3. The molecule has 0 aliphatic carbocycles. The zero-order chi connectivity index (χ0) is 13.0. The molecule has 1 unspecified atom stereocenters. The van der Waals surface area contributed by atoms with Crippen LogP contribution < -0.4 is 10.6 Å². The predicted molar refractivity (Wildman–Crippen MR) is 80.1 cm³/mol. The van der Waals surface area contributed by atoms with E-state index in [0.29, 0.717) is 0 Å². The van der Waals surface area contributed by atoms with Crippen LogP contribution in [0.25, 0.3) is 0 Å². The van der Waals surface area contributed by atoms with Crippen molar-refractivity contribution >= 4 is 17.0 Å². The summed E-state index contributed by atoms with van der Waals surface area (Å²) in [5.74, 6) is 0. The van der Waals surface area contributed by atoms with Crippen LogP contribution in [0.5, 0.6) is 0 Å². The lowest BCUT2D eigenvalue weighted by atomic mass is 10.0. The van der Waals surface area contributed by atoms with E-state index in [4.69, 9.17) is 5.73 Å². The second-order valence-electron chi connectivity index (χ2n) is 4.51. The second-order valence-corrected chi connectivity index (χ2v) is 5.54. The van der Waals surface area contributed by atoms with E-state index in [1.807, 2.05) is 0 Å². The highest BCUT2D eigenvalue weighted by Gasteiger charge is 2.12. The van der Waals surface area contributed by atoms with Gasteiger partial charge in [0.25, 0.3) is 0 Å². The number of anilines is 1. The number of hydrogen-bond donors (Lipinski definition) is 1. The van der Waals surface area contributed by atoms with E-state index < -0.39 is 0 Å². The molecule has 0 saturated heterocycles. The second kappa shape index (κ2) is 6.03. The quantitative estimate of drug-likeness (QED) is 0.886. The van der Waals surface area contributed by atoms with Gasteiger partial charge in [0.15, 0.2) is 0 Å². The minimum Gasteiger partial charge on any atom is -0.369 e. The Kier molecular flexibility index (Phi) is 4.39. The minimum absolute atomic E-state index is 0.118. The van der Waals surface area contributed by atoms with Gasteiger partial charge in [0, 0.05) is 23.7 Å². The van der Waals surface area contributed by atoms with Crippen LogP contribution in [0.1, 0.15) is 29.8 Å². The molecule has 3 heteroatoms. The molecule has 0 amide bonds. The molecule has 0 aliphatic heterocycles. The van der Waals surface area contributed by atoms with Crippen LogP contribution in [0.2, 0.25) is 0 Å². The van der Waals surface area contributed by atoms with Gasteiger partial charge in [0.1, 0.15) is 0 Å². The Morgan fingerprint density at radius 2 is 2.00 bits per heavy atom. The molecule has 0 bridgehead atoms. The Bertz CT molecular complexity index is 479. The third kappa shape index (κ3) is 2.92. The summed E-state index contributed by atoms with van der Waals surface area (Å²) >= 11 is 1.79. The van der Waals surface area contributed by atoms with Gasteiger partial charge >= 0.3 is 0 Å². The third-order valence-corrected chi connectivity index (χ3v) is 4.02. The van der Waals surface area contributed by atoms with Crippen molar-refractivity contribution in [3.63, 3.8) is 0 Å². The van der Waals surface area contributed by atoms with Gasteiger partial charge in [-0.1, -0.05) is 31.2 Å². The molecule has 2 aromatic rings. The number of benzene rings is 1. The van der Waals surface area contributed by atoms with Crippen molar-refractivity contribution in [2.24, 2.45) is 5.73 Å². The summed E-state index contributed by atoms with van der Waals surface area (Å²) in [6, 6.07) is 12.8. The lowest BCUT2D eigenvalue weighted by Gasteiger charge is -2.24. The van der Waals surface area contributed by atoms with Crippen LogP contribution in [0.3, 0.4) is 0 Å². The van der Waals surface area contributed by atoms with Crippen molar-refractivity contribution in [3.8, 4) is 0 Å². The molecule has 2 N–H and O–H groups in total. The van der Waals surface area contributed by atoms with Crippen LogP contribution in [0, 0.1) is 0 Å². The SMILES string of the molecule is CCC(N)c1ccccc1N(C)Cc1cccs1. The first kappa shape index (κ1) is 13.1. The maximum Gasteiger partial charge on any atom is 0.0519 e. The van der Waals surface area contributed by atoms with E-state index >= 15 is 0 Å². The van der Waals surface area contributed by atoms with Crippen molar-refractivity contribution in [3.05, 3.63) is 52.2 Å². The molecular weight excluding hydrogens is 240 g/mol. The van der Waals surface area contributed by atoms with Crippen molar-refractivity contribution in [1.82, 2.24) is 0 Å². The van der Waals surface area contributed by atoms with Crippen LogP contribution >= 0.6 is 11.3 Å². The van der Waals surface area contributed by atoms with E-state index in [1.165, 1.54) is 16.1 Å². The molecule has 1 aromatic heterocycles. The van der Waals surface area contributed by atoms with E-state index in [1.54, 1.807) is 11.3 Å². The topological polar surface area (TPSA) is 29.3 Å². The van der Waals surface area contributed by atoms with Gasteiger partial charge < -0.3 is 10.6 Å². The van der Waals surface area contributed by atoms with Crippen LogP contribution in [0.15, 0.2) is 41.8 Å². The first-order chi connectivity index (χ1) is 8.72. The number of nitrogens with zero attached hydrogens (tertiary/aromatic N) is 1. The fourth-order valence-electron chi connectivity index (χ4n) is 2.09. The Labute approximate surface area is 113 Å². The van der Waals surface area contributed by atoms with E-state index in [-0.39, 0.29) is 6.04 Å². The highest BCUT2D eigenvalue weighted by molar-refractivity contribution is 7.09. The molecule has 0 radical (unpaired) electrons. The zero-order valence-electron chi connectivity index (χ0n) is 11.0. The highest BCUT2D eigenvalue weighted by atomic mass is 32.1. The first-order valence-corrected chi connectivity index (χ1v) is 7.18. The summed E-state index contributed by atoms with van der Waals surface area (Å²) in [6.07, 6.45) is 0.962. The fourth-order valence-corrected chi connectivity index (χ4v) is 2.85. The molecule has 0 saturated carbocycles. The van der Waals surface area contributed by atoms with Gasteiger partial charge in [-0.05, 0) is 29.5 Å². The molecule has 1 atom stereocenters. The van der Waals surface area contributed by atoms with Crippen molar-refractivity contribution in [1.29, 1.82) is 0 Å². The van der Waals surface area contributed by atoms with Crippen molar-refractivity contribution in [2.45, 2.75) is 25.9 Å². The summed E-state index contributed by atoms with van der Waals surface area (Å²) in [5, 5.41) is 2.12. The van der Waals surface area contributed by atoms with E-state index in [2.05, 4.69) is 60.6 Å². The van der Waals surface area contributed by atoms with Crippen LogP contribution in [-0.4, -0.2) is 7.05 Å². The predicted octanol–water partition coefficient (Wildman–Crippen LogP) is 3.79. The molecule has 1 heterocycles. The monoisotopic (exact) mass is 260 g/mol. The third-order valence-electron chi connectivity index (χ3n) is 3.16. The van der Waals surface area contributed by atoms with Gasteiger partial charge in [-0.2, -0.15) is 0 Å². The molecule has 2 rings (SSSR count). The average Bonchev–Trinajstić information content (AvgIpc) is 2.90. The Hall–Kier alpha value is -1.32. The Morgan fingerprint density at radius 1 is 1.22 bits per heavy atom. The van der Waals surface area contributed by atoms with E-state index in [9.17, 15) is 0 Å². The van der Waals surface area contributed by atoms with Crippen LogP contribution in [-0.2, 0) is 6.54 Å². The van der Waals surface area contributed by atoms with Crippen molar-refractivity contribution in [2.75, 3.05) is 11.9 Å². The Balaban J connectivity index is 2.21. The minimum atomic E-state index is 0.118. The number of rotatable bonds is 5. The lowest BCUT2D eigenvalue weighted by Crippen LogP contribution is -2.20. The summed E-state index contributed by atoms with van der Waals surface area (Å²) < 4.78 is 0. The normalized spacial score (nSPS) is 12.4. The lowest BCUT2D eigenvalue weighted by molar-refractivity contribution is 0.694. The number of thiophene rings is 1. The fraction of sp³-hybridized carbons (Fsp3) is 0.333. The zero-order valence-corrected chi connectivity index (χ0v) is 11.8. The summed E-state index contributed by atoms with van der Waals surface area (Å²) in [4.78, 5) is 3.65. The number of hydrogen-bond acceptors (Lipinski definition) is 3. The molecule has 18 heavy (non-hydrogen) atoms. The molecule has 1 aromatic carbocycles. The molecule has 0 aliphatic rings. The average molecular weight is 260 g/mol. The van der Waals surface area contributed by atoms with Gasteiger partial charge in [0.05, 0.1) is 6.54 Å². The first-order valence-electron chi connectivity index (χ1n) is 6.30. The molecule has 2 nitrogen and oxygen atoms in total. The number of para-hydroxylation sites is 1. The van der Waals surface area contributed by atoms with Gasteiger partial charge in [-0.3, -0.25) is 0 Å². The summed E-state index contributed by atoms with van der Waals surface area (Å²) in [5.41, 5.74) is 8.65. The number of nitrogens with two attached hydrogens (primary N) is 1. The molecular formula is C15H20N2S.